The van der Waals surface area contributed by atoms with Gasteiger partial charge >= 0.3 is 41.7 Å². The zero-order valence-corrected chi connectivity index (χ0v) is 16.0. The van der Waals surface area contributed by atoms with Crippen LogP contribution < -0.4 is 5.32 Å². The lowest BCUT2D eigenvalue weighted by Gasteiger charge is -2.41. The normalized spacial score (nSPS) is 16.2. The van der Waals surface area contributed by atoms with Crippen molar-refractivity contribution in [3.05, 3.63) is 0 Å². The molecule has 0 aliphatic carbocycles. The Morgan fingerprint density at radius 3 is 1.41 bits per heavy atom. The maximum absolute atomic E-state index is 13.7. The molecule has 0 saturated carbocycles. The summed E-state index contributed by atoms with van der Waals surface area (Å²) in [5.41, 5.74) is 0. The van der Waals surface area contributed by atoms with E-state index in [9.17, 15) is 70.7 Å². The first-order valence-electron chi connectivity index (χ1n) is 8.52. The summed E-state index contributed by atoms with van der Waals surface area (Å²) in [6.07, 6.45) is -6.71. The van der Waals surface area contributed by atoms with Crippen molar-refractivity contribution in [2.75, 3.05) is 0 Å². The molecule has 0 aromatic carbocycles. The molecule has 0 aliphatic heterocycles. The zero-order chi connectivity index (χ0) is 26.2. The Labute approximate surface area is 170 Å². The van der Waals surface area contributed by atoms with Crippen molar-refractivity contribution in [3.8, 4) is 0 Å². The molecule has 0 saturated heterocycles. The minimum atomic E-state index is -8.40. The number of hydrogen-bond donors (Lipinski definition) is 1. The van der Waals surface area contributed by atoms with Gasteiger partial charge in [0.25, 0.3) is 5.91 Å². The van der Waals surface area contributed by atoms with E-state index in [2.05, 4.69) is 0 Å². The minimum absolute atomic E-state index is 0.187. The van der Waals surface area contributed by atoms with Crippen LogP contribution in [0.2, 0.25) is 0 Å². The number of nitrogens with one attached hydrogen (secondary N) is 1. The molecule has 17 heteroatoms. The number of carbonyl (C=O) groups excluding carboxylic acids is 1. The van der Waals surface area contributed by atoms with Crippen molar-refractivity contribution in [2.45, 2.75) is 87.3 Å². The van der Waals surface area contributed by atoms with Gasteiger partial charge in [-0.15, -0.1) is 0 Å². The lowest BCUT2D eigenvalue weighted by molar-refractivity contribution is -0.449. The number of hydrogen-bond acceptors (Lipinski definition) is 1. The van der Waals surface area contributed by atoms with Gasteiger partial charge in [0, 0.05) is 6.04 Å². The molecular formula is C15H16F15NO. The quantitative estimate of drug-likeness (QED) is 0.251. The predicted molar refractivity (Wildman–Crippen MR) is 77.5 cm³/mol. The molecule has 1 atom stereocenters. The molecule has 0 aliphatic rings. The highest BCUT2D eigenvalue weighted by Crippen LogP contribution is 2.62. The fourth-order valence-corrected chi connectivity index (χ4v) is 2.20. The van der Waals surface area contributed by atoms with Gasteiger partial charge in [0.15, 0.2) is 0 Å². The fourth-order valence-electron chi connectivity index (χ4n) is 2.20. The van der Waals surface area contributed by atoms with Crippen LogP contribution in [0.15, 0.2) is 0 Å². The summed E-state index contributed by atoms with van der Waals surface area (Å²) in [5.74, 6) is -51.2. The van der Waals surface area contributed by atoms with Gasteiger partial charge in [0.05, 0.1) is 0 Å². The summed E-state index contributed by atoms with van der Waals surface area (Å²) >= 11 is 0. The lowest BCUT2D eigenvalue weighted by Crippen LogP contribution is -2.74. The standard InChI is InChI=1S/C15H16F15NO/c1-3-4-5-6-7(2)31-8(32)9(16,17)10(18,19)11(20,21)12(22,23)13(24,25)14(26,27)15(28,29)30/h7H,3-6H2,1-2H3,(H,31,32)/t7-/m0/s1. The third-order valence-electron chi connectivity index (χ3n) is 4.23. The average molecular weight is 511 g/mol. The van der Waals surface area contributed by atoms with E-state index in [1.54, 1.807) is 6.92 Å². The minimum Gasteiger partial charge on any atom is -0.348 e. The topological polar surface area (TPSA) is 29.1 Å². The fraction of sp³-hybridized carbons (Fsp3) is 0.933. The molecule has 192 valence electrons. The van der Waals surface area contributed by atoms with Crippen LogP contribution in [0.4, 0.5) is 65.9 Å². The second-order valence-electron chi connectivity index (χ2n) is 6.81. The van der Waals surface area contributed by atoms with Gasteiger partial charge in [0.1, 0.15) is 0 Å². The summed E-state index contributed by atoms with van der Waals surface area (Å²) in [6.45, 7) is 2.56. The molecule has 0 bridgehead atoms. The number of amides is 1. The van der Waals surface area contributed by atoms with E-state index in [0.717, 1.165) is 12.2 Å². The van der Waals surface area contributed by atoms with Crippen molar-refractivity contribution in [1.82, 2.24) is 5.32 Å². The van der Waals surface area contributed by atoms with E-state index in [1.165, 1.54) is 0 Å². The maximum atomic E-state index is 13.7. The molecule has 32 heavy (non-hydrogen) atoms. The van der Waals surface area contributed by atoms with Gasteiger partial charge in [-0.3, -0.25) is 4.79 Å². The highest BCUT2D eigenvalue weighted by molar-refractivity contribution is 5.85. The highest BCUT2D eigenvalue weighted by Gasteiger charge is 2.94. The Kier molecular flexibility index (Phi) is 8.54. The second-order valence-corrected chi connectivity index (χ2v) is 6.81. The molecule has 1 amide bonds. The summed E-state index contributed by atoms with van der Waals surface area (Å²) in [6, 6.07) is -1.44. The molecule has 0 spiro atoms. The Bertz CT molecular complexity index is 656. The van der Waals surface area contributed by atoms with Crippen LogP contribution in [0.25, 0.3) is 0 Å². The van der Waals surface area contributed by atoms with Crippen molar-refractivity contribution >= 4 is 5.91 Å². The van der Waals surface area contributed by atoms with E-state index in [0.29, 0.717) is 12.8 Å². The van der Waals surface area contributed by atoms with E-state index in [4.69, 9.17) is 0 Å². The molecule has 0 unspecified atom stereocenters. The van der Waals surface area contributed by atoms with Crippen molar-refractivity contribution in [3.63, 3.8) is 0 Å². The summed E-state index contributed by atoms with van der Waals surface area (Å²) in [5, 5.41) is 1.04. The Hall–Kier alpha value is -1.58. The summed E-state index contributed by atoms with van der Waals surface area (Å²) < 4.78 is 196. The van der Waals surface area contributed by atoms with E-state index in [1.807, 2.05) is 0 Å². The number of halogens is 15. The van der Waals surface area contributed by atoms with Gasteiger partial charge in [0.2, 0.25) is 0 Å². The number of carbonyl (C=O) groups is 1. The Morgan fingerprint density at radius 2 is 1.03 bits per heavy atom. The Balaban J connectivity index is 6.17. The maximum Gasteiger partial charge on any atom is 0.460 e. The van der Waals surface area contributed by atoms with Gasteiger partial charge < -0.3 is 5.32 Å². The monoisotopic (exact) mass is 511 g/mol. The first-order chi connectivity index (χ1) is 13.9. The van der Waals surface area contributed by atoms with E-state index < -0.39 is 53.7 Å². The first-order valence-corrected chi connectivity index (χ1v) is 8.52. The Morgan fingerprint density at radius 1 is 0.656 bits per heavy atom. The van der Waals surface area contributed by atoms with Crippen LogP contribution in [-0.2, 0) is 4.79 Å². The van der Waals surface area contributed by atoms with Crippen LogP contribution in [0, 0.1) is 0 Å². The van der Waals surface area contributed by atoms with Crippen molar-refractivity contribution < 1.29 is 70.7 Å². The van der Waals surface area contributed by atoms with E-state index in [-0.39, 0.29) is 12.8 Å². The zero-order valence-electron chi connectivity index (χ0n) is 16.0. The SMILES string of the molecule is CCCCC[C@H](C)NC(=O)C(F)(F)C(F)(F)C(F)(F)C(F)(F)C(F)(F)C(F)(F)C(F)(F)F. The van der Waals surface area contributed by atoms with Crippen LogP contribution in [0.1, 0.15) is 39.5 Å². The molecular weight excluding hydrogens is 495 g/mol. The molecule has 0 aromatic rings. The second kappa shape index (κ2) is 8.99. The molecule has 1 N–H and O–H groups in total. The molecule has 2 nitrogen and oxygen atoms in total. The number of rotatable bonds is 11. The average Bonchev–Trinajstić information content (AvgIpc) is 2.59. The third kappa shape index (κ3) is 4.70. The molecule has 0 heterocycles. The third-order valence-corrected chi connectivity index (χ3v) is 4.23. The molecule has 0 fully saturated rings. The summed E-state index contributed by atoms with van der Waals surface area (Å²) in [4.78, 5) is 11.3. The van der Waals surface area contributed by atoms with Crippen molar-refractivity contribution in [1.29, 1.82) is 0 Å². The predicted octanol–water partition coefficient (Wildman–Crippen LogP) is 6.45. The van der Waals surface area contributed by atoms with Crippen LogP contribution in [0.5, 0.6) is 0 Å². The van der Waals surface area contributed by atoms with Crippen molar-refractivity contribution in [2.24, 2.45) is 0 Å². The van der Waals surface area contributed by atoms with Crippen LogP contribution in [0.3, 0.4) is 0 Å². The van der Waals surface area contributed by atoms with Crippen LogP contribution >= 0.6 is 0 Å². The lowest BCUT2D eigenvalue weighted by atomic mass is 9.90. The van der Waals surface area contributed by atoms with Gasteiger partial charge in [-0.25, -0.2) is 0 Å². The molecule has 0 aromatic heterocycles. The van der Waals surface area contributed by atoms with Crippen LogP contribution in [-0.4, -0.2) is 53.7 Å². The molecule has 0 rings (SSSR count). The van der Waals surface area contributed by atoms with Gasteiger partial charge in [-0.2, -0.15) is 65.9 Å². The largest absolute Gasteiger partial charge is 0.460 e. The molecule has 0 radical (unpaired) electrons. The van der Waals surface area contributed by atoms with E-state index >= 15 is 0 Å². The number of alkyl halides is 15. The highest BCUT2D eigenvalue weighted by atomic mass is 19.4. The van der Waals surface area contributed by atoms with Gasteiger partial charge in [-0.1, -0.05) is 26.2 Å². The number of unbranched alkanes of at least 4 members (excludes halogenated alkanes) is 2. The van der Waals surface area contributed by atoms with Gasteiger partial charge in [-0.05, 0) is 13.3 Å². The summed E-state index contributed by atoms with van der Waals surface area (Å²) in [7, 11) is 0. The smallest absolute Gasteiger partial charge is 0.348 e. The first kappa shape index (κ1) is 30.4.